The van der Waals surface area contributed by atoms with Crippen LogP contribution in [-0.4, -0.2) is 37.9 Å². The van der Waals surface area contributed by atoms with Crippen LogP contribution in [0.25, 0.3) is 0 Å². The molecule has 6 heteroatoms. The van der Waals surface area contributed by atoms with Crippen LogP contribution in [0.3, 0.4) is 0 Å². The zero-order valence-electron chi connectivity index (χ0n) is 14.9. The molecular formula is C16H30O5Si. The van der Waals surface area contributed by atoms with Gasteiger partial charge in [0.25, 0.3) is 0 Å². The Balaban J connectivity index is 4.42. The van der Waals surface area contributed by atoms with Crippen molar-refractivity contribution in [1.82, 2.24) is 0 Å². The van der Waals surface area contributed by atoms with Gasteiger partial charge in [-0.15, -0.1) is 0 Å². The van der Waals surface area contributed by atoms with E-state index >= 15 is 0 Å². The molecular weight excluding hydrogens is 300 g/mol. The van der Waals surface area contributed by atoms with Gasteiger partial charge in [0.1, 0.15) is 0 Å². The molecule has 0 spiro atoms. The maximum absolute atomic E-state index is 11.7. The summed E-state index contributed by atoms with van der Waals surface area (Å²) in [7, 11) is -1.85. The van der Waals surface area contributed by atoms with Crippen LogP contribution >= 0.6 is 0 Å². The van der Waals surface area contributed by atoms with Crippen molar-refractivity contribution in [3.63, 3.8) is 0 Å². The average Bonchev–Trinajstić information content (AvgIpc) is 2.34. The number of hydrogen-bond acceptors (Lipinski definition) is 5. The molecule has 0 aromatic rings. The van der Waals surface area contributed by atoms with Crippen molar-refractivity contribution in [2.75, 3.05) is 6.61 Å². The van der Waals surface area contributed by atoms with E-state index in [1.54, 1.807) is 6.92 Å². The van der Waals surface area contributed by atoms with Crippen molar-refractivity contribution < 1.29 is 23.9 Å². The van der Waals surface area contributed by atoms with E-state index in [0.717, 1.165) is 6.08 Å². The highest BCUT2D eigenvalue weighted by molar-refractivity contribution is 6.74. The van der Waals surface area contributed by atoms with Gasteiger partial charge in [-0.05, 0) is 38.4 Å². The van der Waals surface area contributed by atoms with Crippen LogP contribution in [-0.2, 0) is 18.8 Å². The summed E-state index contributed by atoms with van der Waals surface area (Å²) in [6.45, 7) is 14.6. The van der Waals surface area contributed by atoms with E-state index in [9.17, 15) is 14.7 Å². The number of allylic oxidation sites excluding steroid dienone is 1. The minimum Gasteiger partial charge on any atom is -0.502 e. The molecule has 0 aromatic carbocycles. The smallest absolute Gasteiger partial charge is 0.373 e. The SMILES string of the molecule is CCOC(=O)/C(O)=C/C(=O)CCC(C)O[Si](C)(C)C(C)(C)C. The molecule has 1 atom stereocenters. The molecule has 0 saturated carbocycles. The number of aliphatic hydroxyl groups is 1. The summed E-state index contributed by atoms with van der Waals surface area (Å²) in [6.07, 6.45) is 1.66. The second-order valence-corrected chi connectivity index (χ2v) is 11.7. The lowest BCUT2D eigenvalue weighted by atomic mass is 10.1. The third kappa shape index (κ3) is 7.22. The largest absolute Gasteiger partial charge is 0.502 e. The highest BCUT2D eigenvalue weighted by Crippen LogP contribution is 2.37. The fourth-order valence-corrected chi connectivity index (χ4v) is 3.05. The first-order chi connectivity index (χ1) is 9.90. The Morgan fingerprint density at radius 1 is 1.27 bits per heavy atom. The second-order valence-electron chi connectivity index (χ2n) is 6.94. The van der Waals surface area contributed by atoms with Gasteiger partial charge in [0.2, 0.25) is 5.76 Å². The van der Waals surface area contributed by atoms with Crippen molar-refractivity contribution in [2.24, 2.45) is 0 Å². The normalized spacial score (nSPS) is 14.6. The Labute approximate surface area is 134 Å². The first-order valence-electron chi connectivity index (χ1n) is 7.69. The number of carbonyl (C=O) groups is 2. The van der Waals surface area contributed by atoms with Crippen molar-refractivity contribution in [1.29, 1.82) is 0 Å². The number of ether oxygens (including phenoxy) is 1. The molecule has 0 saturated heterocycles. The number of ketones is 1. The third-order valence-electron chi connectivity index (χ3n) is 3.88. The highest BCUT2D eigenvalue weighted by atomic mass is 28.4. The maximum atomic E-state index is 11.7. The van der Waals surface area contributed by atoms with E-state index in [1.807, 2.05) is 6.92 Å². The van der Waals surface area contributed by atoms with Crippen LogP contribution in [0.5, 0.6) is 0 Å². The van der Waals surface area contributed by atoms with Crippen LogP contribution < -0.4 is 0 Å². The minimum atomic E-state index is -1.85. The summed E-state index contributed by atoms with van der Waals surface area (Å²) in [4.78, 5) is 22.9. The second kappa shape index (κ2) is 8.48. The van der Waals surface area contributed by atoms with Crippen LogP contribution in [0.4, 0.5) is 0 Å². The van der Waals surface area contributed by atoms with E-state index in [4.69, 9.17) is 4.43 Å². The number of aliphatic hydroxyl groups excluding tert-OH is 1. The number of rotatable bonds is 8. The fraction of sp³-hybridized carbons (Fsp3) is 0.750. The van der Waals surface area contributed by atoms with Crippen LogP contribution in [0.1, 0.15) is 47.5 Å². The van der Waals surface area contributed by atoms with Gasteiger partial charge in [-0.25, -0.2) is 4.79 Å². The standard InChI is InChI=1S/C16H30O5Si/c1-8-20-15(19)14(18)11-13(17)10-9-12(2)21-22(6,7)16(3,4)5/h11-12,18H,8-10H2,1-7H3/b14-11-. The minimum absolute atomic E-state index is 0.0389. The van der Waals surface area contributed by atoms with Gasteiger partial charge < -0.3 is 14.3 Å². The van der Waals surface area contributed by atoms with E-state index in [2.05, 4.69) is 38.6 Å². The number of esters is 1. The lowest BCUT2D eigenvalue weighted by Gasteiger charge is -2.38. The van der Waals surface area contributed by atoms with Gasteiger partial charge in [-0.2, -0.15) is 0 Å². The molecule has 5 nitrogen and oxygen atoms in total. The summed E-state index contributed by atoms with van der Waals surface area (Å²) in [6, 6.07) is 0. The van der Waals surface area contributed by atoms with Gasteiger partial charge in [-0.3, -0.25) is 4.79 Å². The molecule has 0 amide bonds. The van der Waals surface area contributed by atoms with Crippen LogP contribution in [0.2, 0.25) is 18.1 Å². The van der Waals surface area contributed by atoms with E-state index in [1.165, 1.54) is 0 Å². The summed E-state index contributed by atoms with van der Waals surface area (Å²) >= 11 is 0. The molecule has 0 aromatic heterocycles. The predicted octanol–water partition coefficient (Wildman–Crippen LogP) is 3.75. The van der Waals surface area contributed by atoms with E-state index < -0.39 is 20.0 Å². The molecule has 0 rings (SSSR count). The van der Waals surface area contributed by atoms with Gasteiger partial charge in [0.05, 0.1) is 6.61 Å². The van der Waals surface area contributed by atoms with Crippen molar-refractivity contribution in [3.8, 4) is 0 Å². The van der Waals surface area contributed by atoms with Crippen LogP contribution in [0.15, 0.2) is 11.8 Å². The third-order valence-corrected chi connectivity index (χ3v) is 8.49. The van der Waals surface area contributed by atoms with Gasteiger partial charge in [0, 0.05) is 18.6 Å². The van der Waals surface area contributed by atoms with Gasteiger partial charge in [0.15, 0.2) is 14.1 Å². The average molecular weight is 330 g/mol. The zero-order valence-corrected chi connectivity index (χ0v) is 15.9. The monoisotopic (exact) mass is 330 g/mol. The summed E-state index contributed by atoms with van der Waals surface area (Å²) in [5.41, 5.74) is 0. The quantitative estimate of drug-likeness (QED) is 0.317. The number of carbonyl (C=O) groups excluding carboxylic acids is 2. The Hall–Kier alpha value is -1.14. The first kappa shape index (κ1) is 20.9. The highest BCUT2D eigenvalue weighted by Gasteiger charge is 2.38. The number of hydrogen-bond donors (Lipinski definition) is 1. The van der Waals surface area contributed by atoms with Gasteiger partial charge in [-0.1, -0.05) is 20.8 Å². The topological polar surface area (TPSA) is 72.8 Å². The molecule has 1 N–H and O–H groups in total. The molecule has 22 heavy (non-hydrogen) atoms. The molecule has 0 aliphatic carbocycles. The summed E-state index contributed by atoms with van der Waals surface area (Å²) in [5, 5.41) is 9.54. The summed E-state index contributed by atoms with van der Waals surface area (Å²) < 4.78 is 10.8. The van der Waals surface area contributed by atoms with Gasteiger partial charge >= 0.3 is 5.97 Å². The Bertz CT molecular complexity index is 421. The molecule has 128 valence electrons. The molecule has 0 bridgehead atoms. The maximum Gasteiger partial charge on any atom is 0.373 e. The van der Waals surface area contributed by atoms with E-state index in [-0.39, 0.29) is 30.0 Å². The lowest BCUT2D eigenvalue weighted by Crippen LogP contribution is -2.43. The lowest BCUT2D eigenvalue weighted by molar-refractivity contribution is -0.141. The molecule has 0 heterocycles. The zero-order chi connectivity index (χ0) is 17.6. The molecule has 0 fully saturated rings. The molecule has 1 unspecified atom stereocenters. The van der Waals surface area contributed by atoms with Crippen LogP contribution in [0, 0.1) is 0 Å². The predicted molar refractivity (Wildman–Crippen MR) is 89.3 cm³/mol. The Kier molecular flexibility index (Phi) is 8.04. The first-order valence-corrected chi connectivity index (χ1v) is 10.6. The Morgan fingerprint density at radius 3 is 2.27 bits per heavy atom. The molecule has 0 aliphatic heterocycles. The van der Waals surface area contributed by atoms with Crippen molar-refractivity contribution >= 4 is 20.1 Å². The molecule has 0 aliphatic rings. The van der Waals surface area contributed by atoms with Crippen molar-refractivity contribution in [3.05, 3.63) is 11.8 Å². The van der Waals surface area contributed by atoms with E-state index in [0.29, 0.717) is 6.42 Å². The van der Waals surface area contributed by atoms with Crippen molar-refractivity contribution in [2.45, 2.75) is 71.7 Å². The molecule has 0 radical (unpaired) electrons. The summed E-state index contributed by atoms with van der Waals surface area (Å²) in [5.74, 6) is -1.83. The Morgan fingerprint density at radius 2 is 1.82 bits per heavy atom. The fourth-order valence-electron chi connectivity index (χ4n) is 1.57.